The number of nitrogens with one attached hydrogen (secondary N) is 1. The summed E-state index contributed by atoms with van der Waals surface area (Å²) in [6.45, 7) is 2.66. The predicted molar refractivity (Wildman–Crippen MR) is 112 cm³/mol. The molecule has 0 aromatic heterocycles. The van der Waals surface area contributed by atoms with E-state index in [0.29, 0.717) is 31.0 Å². The molecule has 1 N–H and O–H groups in total. The van der Waals surface area contributed by atoms with Crippen LogP contribution in [0.4, 0.5) is 5.69 Å². The highest BCUT2D eigenvalue weighted by Crippen LogP contribution is 2.29. The van der Waals surface area contributed by atoms with Crippen LogP contribution in [0.5, 0.6) is 5.75 Å². The molecule has 2 aromatic carbocycles. The largest absolute Gasteiger partial charge is 0.492 e. The average molecular weight is 467 g/mol. The van der Waals surface area contributed by atoms with E-state index in [4.69, 9.17) is 4.74 Å². The Morgan fingerprint density at radius 3 is 2.61 bits per heavy atom. The molecule has 0 aliphatic carbocycles. The van der Waals surface area contributed by atoms with E-state index in [2.05, 4.69) is 21.2 Å². The molecule has 6 nitrogen and oxygen atoms in total. The number of benzene rings is 2. The maximum Gasteiger partial charge on any atom is 0.243 e. The van der Waals surface area contributed by atoms with Gasteiger partial charge < -0.3 is 10.1 Å². The van der Waals surface area contributed by atoms with Crippen molar-refractivity contribution in [2.75, 3.05) is 18.5 Å². The molecule has 0 spiro atoms. The summed E-state index contributed by atoms with van der Waals surface area (Å²) in [6.07, 6.45) is 2.02. The molecule has 0 radical (unpaired) electrons. The summed E-state index contributed by atoms with van der Waals surface area (Å²) in [5.41, 5.74) is 0.543. The Bertz CT molecular complexity index is 931. The van der Waals surface area contributed by atoms with Crippen LogP contribution in [0.15, 0.2) is 57.9 Å². The number of sulfonamides is 1. The van der Waals surface area contributed by atoms with Gasteiger partial charge in [-0.1, -0.05) is 34.5 Å². The van der Waals surface area contributed by atoms with Crippen LogP contribution in [-0.2, 0) is 14.8 Å². The van der Waals surface area contributed by atoms with E-state index >= 15 is 0 Å². The second-order valence-corrected chi connectivity index (χ2v) is 9.31. The van der Waals surface area contributed by atoms with Crippen molar-refractivity contribution < 1.29 is 17.9 Å². The molecular weight excluding hydrogens is 444 g/mol. The first kappa shape index (κ1) is 20.8. The summed E-state index contributed by atoms with van der Waals surface area (Å²) in [6, 6.07) is 12.9. The normalized spacial score (nSPS) is 17.9. The number of ether oxygens (including phenoxy) is 1. The van der Waals surface area contributed by atoms with Gasteiger partial charge in [0.1, 0.15) is 11.8 Å². The molecule has 1 atom stereocenters. The first-order chi connectivity index (χ1) is 13.4. The Morgan fingerprint density at radius 1 is 1.18 bits per heavy atom. The van der Waals surface area contributed by atoms with Crippen molar-refractivity contribution in [3.05, 3.63) is 53.0 Å². The number of nitrogens with zero attached hydrogens (tertiary/aromatic N) is 1. The van der Waals surface area contributed by atoms with Gasteiger partial charge in [-0.3, -0.25) is 4.79 Å². The second kappa shape index (κ2) is 9.07. The van der Waals surface area contributed by atoms with Gasteiger partial charge in [0.15, 0.2) is 0 Å². The molecular formula is C20H23BrN2O4S. The number of hydrogen-bond donors (Lipinski definition) is 1. The van der Waals surface area contributed by atoms with Crippen molar-refractivity contribution in [2.24, 2.45) is 0 Å². The van der Waals surface area contributed by atoms with Crippen LogP contribution in [0.1, 0.15) is 26.2 Å². The number of para-hydroxylation sites is 2. The number of carbonyl (C=O) groups excluding carboxylic acids is 1. The van der Waals surface area contributed by atoms with Gasteiger partial charge >= 0.3 is 0 Å². The summed E-state index contributed by atoms with van der Waals surface area (Å²) in [4.78, 5) is 13.2. The molecule has 1 unspecified atom stereocenters. The van der Waals surface area contributed by atoms with Crippen LogP contribution in [0.3, 0.4) is 0 Å². The van der Waals surface area contributed by atoms with Crippen molar-refractivity contribution in [1.29, 1.82) is 0 Å². The van der Waals surface area contributed by atoms with Crippen molar-refractivity contribution in [2.45, 2.75) is 37.1 Å². The lowest BCUT2D eigenvalue weighted by atomic mass is 10.0. The average Bonchev–Trinajstić information content (AvgIpc) is 2.70. The molecule has 1 heterocycles. The predicted octanol–water partition coefficient (Wildman–Crippen LogP) is 4.03. The fourth-order valence-corrected chi connectivity index (χ4v) is 5.18. The van der Waals surface area contributed by atoms with Gasteiger partial charge in [0, 0.05) is 11.0 Å². The van der Waals surface area contributed by atoms with E-state index in [1.165, 1.54) is 4.31 Å². The zero-order chi connectivity index (χ0) is 20.1. The quantitative estimate of drug-likeness (QED) is 0.696. The summed E-state index contributed by atoms with van der Waals surface area (Å²) < 4.78 is 33.9. The topological polar surface area (TPSA) is 75.7 Å². The molecule has 1 aliphatic heterocycles. The highest BCUT2D eigenvalue weighted by Gasteiger charge is 2.37. The Balaban J connectivity index is 1.85. The summed E-state index contributed by atoms with van der Waals surface area (Å²) in [5, 5.41) is 2.85. The van der Waals surface area contributed by atoms with Crippen molar-refractivity contribution in [3.8, 4) is 5.75 Å². The number of carbonyl (C=O) groups is 1. The van der Waals surface area contributed by atoms with Gasteiger partial charge in [-0.15, -0.1) is 0 Å². The minimum Gasteiger partial charge on any atom is -0.492 e. The minimum absolute atomic E-state index is 0.185. The third-order valence-corrected chi connectivity index (χ3v) is 7.07. The Labute approximate surface area is 174 Å². The van der Waals surface area contributed by atoms with Crippen molar-refractivity contribution in [3.63, 3.8) is 0 Å². The fourth-order valence-electron chi connectivity index (χ4n) is 3.26. The van der Waals surface area contributed by atoms with Crippen LogP contribution >= 0.6 is 15.9 Å². The van der Waals surface area contributed by atoms with Gasteiger partial charge in [-0.25, -0.2) is 8.42 Å². The first-order valence-electron chi connectivity index (χ1n) is 9.23. The monoisotopic (exact) mass is 466 g/mol. The van der Waals surface area contributed by atoms with Gasteiger partial charge in [0.2, 0.25) is 15.9 Å². The molecule has 1 aliphatic rings. The zero-order valence-corrected chi connectivity index (χ0v) is 18.0. The number of anilines is 1. The number of amides is 1. The standard InChI is InChI=1S/C20H23BrN2O4S/c1-2-27-19-9-4-3-7-17(19)22-20(24)18-8-5-6-14-23(18)28(25,26)16-12-10-15(21)11-13-16/h3-4,7,9-13,18H,2,5-6,8,14H2,1H3,(H,22,24). The first-order valence-corrected chi connectivity index (χ1v) is 11.5. The highest BCUT2D eigenvalue weighted by atomic mass is 79.9. The van der Waals surface area contributed by atoms with Crippen LogP contribution in [0, 0.1) is 0 Å². The highest BCUT2D eigenvalue weighted by molar-refractivity contribution is 9.10. The van der Waals surface area contributed by atoms with Crippen LogP contribution < -0.4 is 10.1 Å². The van der Waals surface area contributed by atoms with Crippen LogP contribution in [0.2, 0.25) is 0 Å². The second-order valence-electron chi connectivity index (χ2n) is 6.50. The van der Waals surface area contributed by atoms with Gasteiger partial charge in [0.05, 0.1) is 17.2 Å². The van der Waals surface area contributed by atoms with E-state index in [0.717, 1.165) is 17.3 Å². The Kier molecular flexibility index (Phi) is 6.74. The van der Waals surface area contributed by atoms with Crippen molar-refractivity contribution in [1.82, 2.24) is 4.31 Å². The number of rotatable bonds is 6. The van der Waals surface area contributed by atoms with Gasteiger partial charge in [-0.2, -0.15) is 4.31 Å². The lowest BCUT2D eigenvalue weighted by molar-refractivity contribution is -0.120. The SMILES string of the molecule is CCOc1ccccc1NC(=O)C1CCCCN1S(=O)(=O)c1ccc(Br)cc1. The molecule has 2 aromatic rings. The molecule has 1 amide bonds. The maximum atomic E-state index is 13.1. The van der Waals surface area contributed by atoms with E-state index in [1.54, 1.807) is 42.5 Å². The Hall–Kier alpha value is -1.90. The molecule has 1 saturated heterocycles. The van der Waals surface area contributed by atoms with E-state index in [-0.39, 0.29) is 10.8 Å². The number of halogens is 1. The molecule has 28 heavy (non-hydrogen) atoms. The van der Waals surface area contributed by atoms with E-state index in [1.807, 2.05) is 13.0 Å². The minimum atomic E-state index is -3.77. The lowest BCUT2D eigenvalue weighted by Crippen LogP contribution is -2.49. The van der Waals surface area contributed by atoms with Gasteiger partial charge in [0.25, 0.3) is 0 Å². The van der Waals surface area contributed by atoms with Crippen molar-refractivity contribution >= 4 is 37.5 Å². The smallest absolute Gasteiger partial charge is 0.243 e. The molecule has 8 heteroatoms. The summed E-state index contributed by atoms with van der Waals surface area (Å²) in [7, 11) is -3.77. The third kappa shape index (κ3) is 4.56. The molecule has 0 bridgehead atoms. The van der Waals surface area contributed by atoms with Crippen LogP contribution in [0.25, 0.3) is 0 Å². The molecule has 150 valence electrons. The zero-order valence-electron chi connectivity index (χ0n) is 15.6. The number of hydrogen-bond acceptors (Lipinski definition) is 4. The van der Waals surface area contributed by atoms with Gasteiger partial charge in [-0.05, 0) is 56.2 Å². The lowest BCUT2D eigenvalue weighted by Gasteiger charge is -2.33. The molecule has 3 rings (SSSR count). The summed E-state index contributed by atoms with van der Waals surface area (Å²) in [5.74, 6) is 0.226. The summed E-state index contributed by atoms with van der Waals surface area (Å²) >= 11 is 3.32. The number of piperidine rings is 1. The molecule has 1 fully saturated rings. The maximum absolute atomic E-state index is 13.1. The fraction of sp³-hybridized carbons (Fsp3) is 0.350. The third-order valence-electron chi connectivity index (χ3n) is 4.62. The van der Waals surface area contributed by atoms with E-state index in [9.17, 15) is 13.2 Å². The van der Waals surface area contributed by atoms with E-state index < -0.39 is 16.1 Å². The Morgan fingerprint density at radius 2 is 1.89 bits per heavy atom. The molecule has 0 saturated carbocycles. The van der Waals surface area contributed by atoms with Crippen LogP contribution in [-0.4, -0.2) is 37.8 Å².